The number of tetrazole rings is 1. The summed E-state index contributed by atoms with van der Waals surface area (Å²) in [6.45, 7) is 2.74. The quantitative estimate of drug-likeness (QED) is 0.550. The van der Waals surface area contributed by atoms with Gasteiger partial charge in [-0.05, 0) is 47.0 Å². The second-order valence-electron chi connectivity index (χ2n) is 7.14. The van der Waals surface area contributed by atoms with Crippen molar-refractivity contribution in [3.05, 3.63) is 54.6 Å². The van der Waals surface area contributed by atoms with Crippen molar-refractivity contribution in [2.75, 3.05) is 49.2 Å². The van der Waals surface area contributed by atoms with Gasteiger partial charge in [0, 0.05) is 37.6 Å². The van der Waals surface area contributed by atoms with Crippen LogP contribution >= 0.6 is 11.8 Å². The molecule has 32 heavy (non-hydrogen) atoms. The van der Waals surface area contributed by atoms with Crippen molar-refractivity contribution in [2.24, 2.45) is 0 Å². The van der Waals surface area contributed by atoms with Crippen molar-refractivity contribution in [2.45, 2.75) is 5.16 Å². The molecule has 0 spiro atoms. The molecule has 2 N–H and O–H groups in total. The fourth-order valence-corrected chi connectivity index (χ4v) is 3.91. The van der Waals surface area contributed by atoms with Crippen molar-refractivity contribution in [1.29, 1.82) is 0 Å². The monoisotopic (exact) mass is 452 g/mol. The van der Waals surface area contributed by atoms with Crippen LogP contribution < -0.4 is 15.5 Å². The lowest BCUT2D eigenvalue weighted by Crippen LogP contribution is -2.51. The van der Waals surface area contributed by atoms with E-state index in [1.165, 1.54) is 11.8 Å². The molecule has 1 aliphatic heterocycles. The number of aromatic nitrogens is 4. The van der Waals surface area contributed by atoms with Gasteiger partial charge in [0.05, 0.1) is 12.2 Å². The fourth-order valence-electron chi connectivity index (χ4n) is 3.48. The van der Waals surface area contributed by atoms with Gasteiger partial charge in [-0.25, -0.2) is 4.79 Å². The number of hydrogen-bond acceptors (Lipinski definition) is 7. The molecule has 1 aromatic heterocycles. The van der Waals surface area contributed by atoms with Crippen LogP contribution in [-0.4, -0.2) is 76.0 Å². The first-order chi connectivity index (χ1) is 15.6. The summed E-state index contributed by atoms with van der Waals surface area (Å²) in [5.74, 6) is -0.0973. The summed E-state index contributed by atoms with van der Waals surface area (Å²) in [6.07, 6.45) is 1.89. The number of thioether (sulfide) groups is 1. The van der Waals surface area contributed by atoms with Crippen LogP contribution in [0.15, 0.2) is 59.8 Å². The molecular weight excluding hydrogens is 428 g/mol. The van der Waals surface area contributed by atoms with Crippen molar-refractivity contribution < 1.29 is 9.59 Å². The zero-order valence-electron chi connectivity index (χ0n) is 17.6. The Morgan fingerprint density at radius 1 is 1.00 bits per heavy atom. The minimum atomic E-state index is -0.444. The highest BCUT2D eigenvalue weighted by Gasteiger charge is 2.21. The number of urea groups is 1. The average Bonchev–Trinajstić information content (AvgIpc) is 3.32. The minimum absolute atomic E-state index is 0.0551. The normalized spacial score (nSPS) is 13.7. The van der Waals surface area contributed by atoms with E-state index in [1.807, 2.05) is 30.5 Å². The average molecular weight is 453 g/mol. The van der Waals surface area contributed by atoms with Crippen LogP contribution in [0.1, 0.15) is 0 Å². The SMILES string of the molecule is CSc1nnnn1-c1cccc(NC(=O)NCC(=O)N2CCN(c3ccccc3)CC2)c1. The van der Waals surface area contributed by atoms with E-state index in [2.05, 4.69) is 43.2 Å². The minimum Gasteiger partial charge on any atom is -0.368 e. The second-order valence-corrected chi connectivity index (χ2v) is 7.91. The van der Waals surface area contributed by atoms with E-state index in [0.29, 0.717) is 23.9 Å². The van der Waals surface area contributed by atoms with E-state index in [4.69, 9.17) is 0 Å². The largest absolute Gasteiger partial charge is 0.368 e. The third kappa shape index (κ3) is 5.17. The van der Waals surface area contributed by atoms with Gasteiger partial charge in [-0.2, -0.15) is 4.68 Å². The highest BCUT2D eigenvalue weighted by atomic mass is 32.2. The molecule has 166 valence electrons. The molecule has 0 aliphatic carbocycles. The van der Waals surface area contributed by atoms with Gasteiger partial charge in [0.25, 0.3) is 0 Å². The summed E-state index contributed by atoms with van der Waals surface area (Å²) in [6, 6.07) is 16.9. The zero-order valence-corrected chi connectivity index (χ0v) is 18.5. The van der Waals surface area contributed by atoms with Gasteiger partial charge in [0.15, 0.2) is 0 Å². The molecule has 10 nitrogen and oxygen atoms in total. The Balaban J connectivity index is 1.26. The van der Waals surface area contributed by atoms with E-state index in [9.17, 15) is 9.59 Å². The molecule has 0 saturated carbocycles. The first kappa shape index (κ1) is 21.6. The highest BCUT2D eigenvalue weighted by molar-refractivity contribution is 7.98. The molecule has 1 fully saturated rings. The van der Waals surface area contributed by atoms with Gasteiger partial charge in [0.1, 0.15) is 0 Å². The Morgan fingerprint density at radius 2 is 1.75 bits per heavy atom. The zero-order chi connectivity index (χ0) is 22.3. The summed E-state index contributed by atoms with van der Waals surface area (Å²) in [5, 5.41) is 17.6. The summed E-state index contributed by atoms with van der Waals surface area (Å²) in [4.78, 5) is 28.9. The Hall–Kier alpha value is -3.60. The summed E-state index contributed by atoms with van der Waals surface area (Å²) in [5.41, 5.74) is 2.46. The van der Waals surface area contributed by atoms with Crippen molar-refractivity contribution in [1.82, 2.24) is 30.4 Å². The van der Waals surface area contributed by atoms with Crippen molar-refractivity contribution in [3.8, 4) is 5.69 Å². The predicted molar refractivity (Wildman–Crippen MR) is 123 cm³/mol. The summed E-state index contributed by atoms with van der Waals surface area (Å²) < 4.78 is 1.59. The van der Waals surface area contributed by atoms with E-state index < -0.39 is 6.03 Å². The predicted octanol–water partition coefficient (Wildman–Crippen LogP) is 1.85. The summed E-state index contributed by atoms with van der Waals surface area (Å²) >= 11 is 1.42. The van der Waals surface area contributed by atoms with Crippen LogP contribution in [-0.2, 0) is 4.79 Å². The fraction of sp³-hybridized carbons (Fsp3) is 0.286. The number of amides is 3. The third-order valence-electron chi connectivity index (χ3n) is 5.13. The number of nitrogens with one attached hydrogen (secondary N) is 2. The lowest BCUT2D eigenvalue weighted by atomic mass is 10.2. The van der Waals surface area contributed by atoms with Gasteiger partial charge in [-0.15, -0.1) is 5.10 Å². The molecule has 2 aromatic carbocycles. The van der Waals surface area contributed by atoms with Crippen LogP contribution in [0.5, 0.6) is 0 Å². The first-order valence-electron chi connectivity index (χ1n) is 10.2. The summed E-state index contributed by atoms with van der Waals surface area (Å²) in [7, 11) is 0. The van der Waals surface area contributed by atoms with E-state index in [1.54, 1.807) is 27.8 Å². The topological polar surface area (TPSA) is 108 Å². The number of hydrogen-bond donors (Lipinski definition) is 2. The van der Waals surface area contributed by atoms with Crippen LogP contribution in [0.4, 0.5) is 16.2 Å². The molecule has 4 rings (SSSR count). The van der Waals surface area contributed by atoms with Crippen molar-refractivity contribution in [3.63, 3.8) is 0 Å². The van der Waals surface area contributed by atoms with E-state index in [0.717, 1.165) is 24.5 Å². The molecule has 0 atom stereocenters. The molecular formula is C21H24N8O2S. The number of benzene rings is 2. The molecule has 11 heteroatoms. The number of rotatable bonds is 6. The maximum Gasteiger partial charge on any atom is 0.319 e. The van der Waals surface area contributed by atoms with Crippen LogP contribution in [0.3, 0.4) is 0 Å². The second kappa shape index (κ2) is 10.1. The third-order valence-corrected chi connectivity index (χ3v) is 5.75. The highest BCUT2D eigenvalue weighted by Crippen LogP contribution is 2.19. The van der Waals surface area contributed by atoms with Crippen LogP contribution in [0.25, 0.3) is 5.69 Å². The number of carbonyl (C=O) groups excluding carboxylic acids is 2. The Morgan fingerprint density at radius 3 is 2.50 bits per heavy atom. The molecule has 2 heterocycles. The lowest BCUT2D eigenvalue weighted by molar-refractivity contribution is -0.130. The Labute approximate surface area is 190 Å². The molecule has 0 unspecified atom stereocenters. The Kier molecular flexibility index (Phi) is 6.85. The number of piperazine rings is 1. The lowest BCUT2D eigenvalue weighted by Gasteiger charge is -2.36. The van der Waals surface area contributed by atoms with Gasteiger partial charge < -0.3 is 20.4 Å². The van der Waals surface area contributed by atoms with Crippen LogP contribution in [0.2, 0.25) is 0 Å². The maximum atomic E-state index is 12.5. The first-order valence-corrected chi connectivity index (χ1v) is 11.4. The number of carbonyl (C=O) groups is 2. The molecule has 0 bridgehead atoms. The number of para-hydroxylation sites is 1. The van der Waals surface area contributed by atoms with E-state index in [-0.39, 0.29) is 12.5 Å². The molecule has 3 aromatic rings. The van der Waals surface area contributed by atoms with Crippen molar-refractivity contribution >= 4 is 35.1 Å². The number of anilines is 2. The van der Waals surface area contributed by atoms with Crippen LogP contribution in [0, 0.1) is 0 Å². The number of nitrogens with zero attached hydrogens (tertiary/aromatic N) is 6. The smallest absolute Gasteiger partial charge is 0.319 e. The molecule has 1 saturated heterocycles. The molecule has 0 radical (unpaired) electrons. The van der Waals surface area contributed by atoms with Gasteiger partial charge in [0.2, 0.25) is 11.1 Å². The Bertz CT molecular complexity index is 1070. The van der Waals surface area contributed by atoms with Gasteiger partial charge in [-0.3, -0.25) is 4.79 Å². The van der Waals surface area contributed by atoms with E-state index >= 15 is 0 Å². The molecule has 1 aliphatic rings. The maximum absolute atomic E-state index is 12.5. The molecule has 3 amide bonds. The van der Waals surface area contributed by atoms with Gasteiger partial charge >= 0.3 is 6.03 Å². The van der Waals surface area contributed by atoms with Gasteiger partial charge in [-0.1, -0.05) is 36.0 Å². The standard InChI is InChI=1S/C21H24N8O2S/c1-32-21-24-25-26-29(21)18-9-5-6-16(14-18)23-20(31)22-15-19(30)28-12-10-27(11-13-28)17-7-3-2-4-8-17/h2-9,14H,10-13,15H2,1H3,(H2,22,23,31).